The van der Waals surface area contributed by atoms with E-state index in [1.807, 2.05) is 7.05 Å². The lowest BCUT2D eigenvalue weighted by Crippen LogP contribution is -2.25. The number of aryl methyl sites for hydroxylation is 1. The van der Waals surface area contributed by atoms with Crippen LogP contribution in [0.15, 0.2) is 24.9 Å². The second-order valence-corrected chi connectivity index (χ2v) is 5.58. The summed E-state index contributed by atoms with van der Waals surface area (Å²) in [4.78, 5) is 19.2. The van der Waals surface area contributed by atoms with Crippen LogP contribution in [0.4, 0.5) is 5.82 Å². The van der Waals surface area contributed by atoms with Crippen molar-refractivity contribution in [1.29, 1.82) is 0 Å². The fourth-order valence-electron chi connectivity index (χ4n) is 2.84. The van der Waals surface area contributed by atoms with E-state index in [4.69, 9.17) is 9.47 Å². The highest BCUT2D eigenvalue weighted by Gasteiger charge is 2.27. The number of nitrogens with zero attached hydrogens (tertiary/aromatic N) is 7. The van der Waals surface area contributed by atoms with E-state index in [0.29, 0.717) is 11.8 Å². The van der Waals surface area contributed by atoms with E-state index >= 15 is 0 Å². The number of hydrogen-bond acceptors (Lipinski definition) is 8. The van der Waals surface area contributed by atoms with E-state index in [9.17, 15) is 0 Å². The van der Waals surface area contributed by atoms with Crippen molar-refractivity contribution in [3.63, 3.8) is 0 Å². The molecule has 0 amide bonds. The summed E-state index contributed by atoms with van der Waals surface area (Å²) in [5, 5.41) is 5.20. The maximum absolute atomic E-state index is 5.86. The van der Waals surface area contributed by atoms with Crippen LogP contribution in [0.5, 0.6) is 11.8 Å². The summed E-state index contributed by atoms with van der Waals surface area (Å²) in [6.07, 6.45) is 7.45. The molecular weight excluding hydrogens is 310 g/mol. The average molecular weight is 327 g/mol. The third-order valence-electron chi connectivity index (χ3n) is 4.07. The summed E-state index contributed by atoms with van der Waals surface area (Å²) < 4.78 is 12.7. The Kier molecular flexibility index (Phi) is 3.60. The number of methoxy groups -OCH3 is 1. The van der Waals surface area contributed by atoms with Crippen LogP contribution in [0, 0.1) is 0 Å². The third-order valence-corrected chi connectivity index (χ3v) is 4.07. The molecule has 1 saturated heterocycles. The molecule has 9 nitrogen and oxygen atoms in total. The largest absolute Gasteiger partial charge is 0.494 e. The van der Waals surface area contributed by atoms with Gasteiger partial charge in [-0.05, 0) is 0 Å². The van der Waals surface area contributed by atoms with Crippen molar-refractivity contribution in [1.82, 2.24) is 29.7 Å². The number of anilines is 1. The summed E-state index contributed by atoms with van der Waals surface area (Å²) in [5.41, 5.74) is 0.822. The lowest BCUT2D eigenvalue weighted by Gasteiger charge is -2.17. The lowest BCUT2D eigenvalue weighted by molar-refractivity contribution is 0.205. The van der Waals surface area contributed by atoms with Gasteiger partial charge in [0.15, 0.2) is 11.4 Å². The van der Waals surface area contributed by atoms with Crippen molar-refractivity contribution < 1.29 is 9.47 Å². The Morgan fingerprint density at radius 1 is 1.12 bits per heavy atom. The molecule has 0 aliphatic carbocycles. The molecule has 4 rings (SSSR count). The number of fused-ring (bicyclic) bond motifs is 1. The predicted molar refractivity (Wildman–Crippen MR) is 86.1 cm³/mol. The van der Waals surface area contributed by atoms with Gasteiger partial charge in [-0.2, -0.15) is 15.1 Å². The van der Waals surface area contributed by atoms with Crippen LogP contribution in [0.25, 0.3) is 11.0 Å². The van der Waals surface area contributed by atoms with Crippen LogP contribution < -0.4 is 14.4 Å². The molecule has 3 aromatic heterocycles. The first-order valence-electron chi connectivity index (χ1n) is 7.65. The second-order valence-electron chi connectivity index (χ2n) is 5.58. The molecule has 1 aliphatic heterocycles. The molecule has 1 aliphatic rings. The summed E-state index contributed by atoms with van der Waals surface area (Å²) in [6.45, 7) is 1.57. The van der Waals surface area contributed by atoms with Crippen LogP contribution in [-0.4, -0.2) is 56.0 Å². The summed E-state index contributed by atoms with van der Waals surface area (Å²) >= 11 is 0. The zero-order valence-electron chi connectivity index (χ0n) is 13.5. The van der Waals surface area contributed by atoms with E-state index in [1.54, 1.807) is 36.7 Å². The Labute approximate surface area is 138 Å². The van der Waals surface area contributed by atoms with Gasteiger partial charge in [0.1, 0.15) is 18.2 Å². The zero-order chi connectivity index (χ0) is 16.5. The van der Waals surface area contributed by atoms with E-state index in [0.717, 1.165) is 36.4 Å². The van der Waals surface area contributed by atoms with Gasteiger partial charge in [-0.3, -0.25) is 4.68 Å². The van der Waals surface area contributed by atoms with Gasteiger partial charge in [0.25, 0.3) is 0 Å². The summed E-state index contributed by atoms with van der Waals surface area (Å²) in [7, 11) is 3.45. The molecule has 0 spiro atoms. The lowest BCUT2D eigenvalue weighted by atomic mass is 10.3. The molecule has 4 heterocycles. The molecule has 0 saturated carbocycles. The maximum atomic E-state index is 5.86. The maximum Gasteiger partial charge on any atom is 0.316 e. The Bertz CT molecular complexity index is 849. The van der Waals surface area contributed by atoms with Crippen molar-refractivity contribution in [2.75, 3.05) is 25.1 Å². The van der Waals surface area contributed by atoms with Gasteiger partial charge in [-0.1, -0.05) is 0 Å². The standard InChI is InChI=1S/C15H17N7O2/c1-21-13-12(7-20-21)14(19-9-18-13)22-4-3-10(8-22)24-15-16-5-11(23-2)6-17-15/h5-7,9-10H,3-4,8H2,1-2H3. The molecule has 0 bridgehead atoms. The molecule has 24 heavy (non-hydrogen) atoms. The average Bonchev–Trinajstić information content (AvgIpc) is 3.23. The van der Waals surface area contributed by atoms with E-state index in [1.165, 1.54) is 0 Å². The summed E-state index contributed by atoms with van der Waals surface area (Å²) in [5.74, 6) is 1.49. The van der Waals surface area contributed by atoms with Gasteiger partial charge in [0.2, 0.25) is 0 Å². The van der Waals surface area contributed by atoms with Crippen molar-refractivity contribution >= 4 is 16.9 Å². The van der Waals surface area contributed by atoms with Gasteiger partial charge in [-0.15, -0.1) is 0 Å². The SMILES string of the molecule is COc1cnc(OC2CCN(c3ncnc4c3cnn4C)C2)nc1. The van der Waals surface area contributed by atoms with Crippen LogP contribution in [0.2, 0.25) is 0 Å². The van der Waals surface area contributed by atoms with Crippen molar-refractivity contribution in [2.45, 2.75) is 12.5 Å². The van der Waals surface area contributed by atoms with Crippen LogP contribution >= 0.6 is 0 Å². The Hall–Kier alpha value is -2.97. The minimum absolute atomic E-state index is 0.0140. The van der Waals surface area contributed by atoms with E-state index < -0.39 is 0 Å². The quantitative estimate of drug-likeness (QED) is 0.695. The molecule has 0 N–H and O–H groups in total. The number of rotatable bonds is 4. The highest BCUT2D eigenvalue weighted by molar-refractivity contribution is 5.86. The van der Waals surface area contributed by atoms with Crippen molar-refractivity contribution in [3.05, 3.63) is 24.9 Å². The van der Waals surface area contributed by atoms with Gasteiger partial charge in [0, 0.05) is 20.0 Å². The summed E-state index contributed by atoms with van der Waals surface area (Å²) in [6, 6.07) is 0.358. The predicted octanol–water partition coefficient (Wildman–Crippen LogP) is 0.820. The number of aromatic nitrogens is 6. The zero-order valence-corrected chi connectivity index (χ0v) is 13.5. The highest BCUT2D eigenvalue weighted by atomic mass is 16.5. The Balaban J connectivity index is 1.49. The van der Waals surface area contributed by atoms with Gasteiger partial charge in [-0.25, -0.2) is 9.97 Å². The molecule has 0 aromatic carbocycles. The normalized spacial score (nSPS) is 17.4. The molecule has 0 radical (unpaired) electrons. The van der Waals surface area contributed by atoms with Crippen LogP contribution in [-0.2, 0) is 7.05 Å². The van der Waals surface area contributed by atoms with Gasteiger partial charge < -0.3 is 14.4 Å². The molecular formula is C15H17N7O2. The third kappa shape index (κ3) is 2.57. The fourth-order valence-corrected chi connectivity index (χ4v) is 2.84. The molecule has 9 heteroatoms. The topological polar surface area (TPSA) is 91.1 Å². The van der Waals surface area contributed by atoms with E-state index in [-0.39, 0.29) is 6.10 Å². The van der Waals surface area contributed by atoms with E-state index in [2.05, 4.69) is 29.9 Å². The smallest absolute Gasteiger partial charge is 0.316 e. The fraction of sp³-hybridized carbons (Fsp3) is 0.400. The minimum atomic E-state index is 0.0140. The molecule has 3 aromatic rings. The van der Waals surface area contributed by atoms with Crippen molar-refractivity contribution in [3.8, 4) is 11.8 Å². The first kappa shape index (κ1) is 14.6. The molecule has 1 unspecified atom stereocenters. The second kappa shape index (κ2) is 5.91. The Morgan fingerprint density at radius 3 is 2.75 bits per heavy atom. The molecule has 1 atom stereocenters. The monoisotopic (exact) mass is 327 g/mol. The number of hydrogen-bond donors (Lipinski definition) is 0. The van der Waals surface area contributed by atoms with Crippen molar-refractivity contribution in [2.24, 2.45) is 7.05 Å². The minimum Gasteiger partial charge on any atom is -0.494 e. The number of ether oxygens (including phenoxy) is 2. The van der Waals surface area contributed by atoms with Crippen LogP contribution in [0.1, 0.15) is 6.42 Å². The molecule has 124 valence electrons. The first-order chi connectivity index (χ1) is 11.7. The van der Waals surface area contributed by atoms with Gasteiger partial charge in [0.05, 0.1) is 37.6 Å². The first-order valence-corrected chi connectivity index (χ1v) is 7.65. The van der Waals surface area contributed by atoms with Crippen LogP contribution in [0.3, 0.4) is 0 Å². The molecule has 1 fully saturated rings. The highest BCUT2D eigenvalue weighted by Crippen LogP contribution is 2.26. The Morgan fingerprint density at radius 2 is 1.96 bits per heavy atom. The van der Waals surface area contributed by atoms with Gasteiger partial charge >= 0.3 is 6.01 Å².